The van der Waals surface area contributed by atoms with Crippen LogP contribution in [0.5, 0.6) is 5.75 Å². The zero-order chi connectivity index (χ0) is 22.2. The molecule has 1 atom stereocenters. The van der Waals surface area contributed by atoms with Crippen LogP contribution in [0.1, 0.15) is 57.4 Å². The highest BCUT2D eigenvalue weighted by molar-refractivity contribution is 5.78. The summed E-state index contributed by atoms with van der Waals surface area (Å²) in [5.41, 5.74) is 3.95. The Morgan fingerprint density at radius 1 is 1.19 bits per heavy atom. The minimum Gasteiger partial charge on any atom is -0.485 e. The second-order valence-corrected chi connectivity index (χ2v) is 9.54. The SMILES string of the molecule is CC(C)C(Oc1cccc2c1CCN(C(=O)OC(C)(C)C)C2)c1ccc2[nH]ncc2c1. The first-order valence-corrected chi connectivity index (χ1v) is 10.9. The molecule has 0 bridgehead atoms. The van der Waals surface area contributed by atoms with Crippen molar-refractivity contribution in [2.45, 2.75) is 59.3 Å². The van der Waals surface area contributed by atoms with Crippen LogP contribution in [-0.4, -0.2) is 33.3 Å². The molecule has 1 aliphatic heterocycles. The van der Waals surface area contributed by atoms with Crippen LogP contribution in [0.3, 0.4) is 0 Å². The van der Waals surface area contributed by atoms with Crippen molar-refractivity contribution < 1.29 is 14.3 Å². The number of hydrogen-bond acceptors (Lipinski definition) is 4. The summed E-state index contributed by atoms with van der Waals surface area (Å²) in [7, 11) is 0. The van der Waals surface area contributed by atoms with E-state index in [2.05, 4.69) is 48.3 Å². The Morgan fingerprint density at radius 3 is 2.74 bits per heavy atom. The number of nitrogens with one attached hydrogen (secondary N) is 1. The lowest BCUT2D eigenvalue weighted by Crippen LogP contribution is -2.40. The minimum atomic E-state index is -0.497. The number of nitrogens with zero attached hydrogens (tertiary/aromatic N) is 2. The van der Waals surface area contributed by atoms with Gasteiger partial charge < -0.3 is 14.4 Å². The van der Waals surface area contributed by atoms with E-state index in [0.29, 0.717) is 19.0 Å². The lowest BCUT2D eigenvalue weighted by atomic mass is 9.96. The van der Waals surface area contributed by atoms with E-state index in [1.165, 1.54) is 5.56 Å². The fraction of sp³-hybridized carbons (Fsp3) is 0.440. The molecule has 3 aromatic rings. The van der Waals surface area contributed by atoms with Crippen molar-refractivity contribution in [1.29, 1.82) is 0 Å². The summed E-state index contributed by atoms with van der Waals surface area (Å²) >= 11 is 0. The number of ether oxygens (including phenoxy) is 2. The van der Waals surface area contributed by atoms with Gasteiger partial charge in [-0.15, -0.1) is 0 Å². The van der Waals surface area contributed by atoms with Gasteiger partial charge in [-0.05, 0) is 62.4 Å². The molecule has 31 heavy (non-hydrogen) atoms. The van der Waals surface area contributed by atoms with Crippen LogP contribution in [-0.2, 0) is 17.7 Å². The minimum absolute atomic E-state index is 0.0744. The summed E-state index contributed by atoms with van der Waals surface area (Å²) in [6, 6.07) is 12.4. The van der Waals surface area contributed by atoms with Gasteiger partial charge in [-0.3, -0.25) is 5.10 Å². The Bertz CT molecular complexity index is 1080. The predicted octanol–water partition coefficient (Wildman–Crippen LogP) is 5.63. The fourth-order valence-electron chi connectivity index (χ4n) is 4.03. The Hall–Kier alpha value is -3.02. The zero-order valence-electron chi connectivity index (χ0n) is 18.9. The third kappa shape index (κ3) is 4.68. The van der Waals surface area contributed by atoms with Crippen LogP contribution in [0.15, 0.2) is 42.6 Å². The standard InChI is InChI=1S/C25H31N3O3/c1-16(2)23(17-9-10-21-19(13-17)14-26-27-21)30-22-8-6-7-18-15-28(12-11-20(18)22)24(29)31-25(3,4)5/h6-10,13-14,16,23H,11-12,15H2,1-5H3,(H,26,27). The summed E-state index contributed by atoms with van der Waals surface area (Å²) in [5.74, 6) is 1.19. The molecule has 0 saturated carbocycles. The van der Waals surface area contributed by atoms with Crippen molar-refractivity contribution >= 4 is 17.0 Å². The Morgan fingerprint density at radius 2 is 2.00 bits per heavy atom. The van der Waals surface area contributed by atoms with E-state index in [0.717, 1.165) is 34.2 Å². The molecular weight excluding hydrogens is 390 g/mol. The first-order chi connectivity index (χ1) is 14.7. The fourth-order valence-corrected chi connectivity index (χ4v) is 4.03. The molecule has 6 nitrogen and oxygen atoms in total. The lowest BCUT2D eigenvalue weighted by molar-refractivity contribution is 0.0222. The second kappa shape index (κ2) is 8.25. The lowest BCUT2D eigenvalue weighted by Gasteiger charge is -2.33. The third-order valence-corrected chi connectivity index (χ3v) is 5.53. The number of fused-ring (bicyclic) bond motifs is 2. The van der Waals surface area contributed by atoms with Crippen molar-refractivity contribution in [2.75, 3.05) is 6.54 Å². The van der Waals surface area contributed by atoms with Gasteiger partial charge in [-0.1, -0.05) is 32.0 Å². The van der Waals surface area contributed by atoms with Crippen molar-refractivity contribution in [2.24, 2.45) is 5.92 Å². The van der Waals surface area contributed by atoms with Gasteiger partial charge >= 0.3 is 6.09 Å². The largest absolute Gasteiger partial charge is 0.485 e. The summed E-state index contributed by atoms with van der Waals surface area (Å²) in [5, 5.41) is 8.20. The highest BCUT2D eigenvalue weighted by Gasteiger charge is 2.28. The third-order valence-electron chi connectivity index (χ3n) is 5.53. The van der Waals surface area contributed by atoms with Gasteiger partial charge in [-0.25, -0.2) is 4.79 Å². The highest BCUT2D eigenvalue weighted by atomic mass is 16.6. The molecule has 4 rings (SSSR count). The van der Waals surface area contributed by atoms with E-state index in [4.69, 9.17) is 9.47 Å². The number of amides is 1. The number of rotatable bonds is 4. The quantitative estimate of drug-likeness (QED) is 0.593. The number of benzene rings is 2. The van der Waals surface area contributed by atoms with Crippen LogP contribution in [0.25, 0.3) is 10.9 Å². The van der Waals surface area contributed by atoms with Gasteiger partial charge in [0.05, 0.1) is 11.7 Å². The average molecular weight is 422 g/mol. The van der Waals surface area contributed by atoms with Crippen molar-refractivity contribution in [3.05, 3.63) is 59.3 Å². The molecule has 0 spiro atoms. The van der Waals surface area contributed by atoms with Gasteiger partial charge in [-0.2, -0.15) is 5.10 Å². The number of hydrogen-bond donors (Lipinski definition) is 1. The Labute approximate surface area is 183 Å². The maximum Gasteiger partial charge on any atom is 0.410 e. The van der Waals surface area contributed by atoms with Crippen LogP contribution in [0.2, 0.25) is 0 Å². The Balaban J connectivity index is 1.56. The predicted molar refractivity (Wildman–Crippen MR) is 121 cm³/mol. The Kier molecular flexibility index (Phi) is 5.65. The van der Waals surface area contributed by atoms with Gasteiger partial charge in [0.2, 0.25) is 0 Å². The molecule has 0 aliphatic carbocycles. The van der Waals surface area contributed by atoms with Crippen LogP contribution in [0.4, 0.5) is 4.79 Å². The van der Waals surface area contributed by atoms with Gasteiger partial charge in [0.25, 0.3) is 0 Å². The first kappa shape index (κ1) is 21.2. The zero-order valence-corrected chi connectivity index (χ0v) is 18.9. The number of aromatic nitrogens is 2. The highest BCUT2D eigenvalue weighted by Crippen LogP contribution is 2.35. The maximum atomic E-state index is 12.5. The average Bonchev–Trinajstić information content (AvgIpc) is 3.18. The van der Waals surface area contributed by atoms with Crippen molar-refractivity contribution in [1.82, 2.24) is 15.1 Å². The van der Waals surface area contributed by atoms with Gasteiger partial charge in [0.1, 0.15) is 17.5 Å². The number of carbonyl (C=O) groups is 1. The number of carbonyl (C=O) groups excluding carboxylic acids is 1. The number of aromatic amines is 1. The molecule has 6 heteroatoms. The molecule has 1 N–H and O–H groups in total. The van der Waals surface area contributed by atoms with E-state index in [1.54, 1.807) is 4.90 Å². The van der Waals surface area contributed by atoms with E-state index in [9.17, 15) is 4.79 Å². The molecule has 0 fully saturated rings. The molecule has 0 radical (unpaired) electrons. The molecular formula is C25H31N3O3. The van der Waals surface area contributed by atoms with Gasteiger partial charge in [0.15, 0.2) is 0 Å². The van der Waals surface area contributed by atoms with E-state index < -0.39 is 5.60 Å². The van der Waals surface area contributed by atoms with Crippen LogP contribution in [0, 0.1) is 5.92 Å². The summed E-state index contributed by atoms with van der Waals surface area (Å²) < 4.78 is 12.1. The second-order valence-electron chi connectivity index (χ2n) is 9.54. The number of H-pyrrole nitrogens is 1. The first-order valence-electron chi connectivity index (χ1n) is 10.9. The molecule has 1 aliphatic rings. The smallest absolute Gasteiger partial charge is 0.410 e. The van der Waals surface area contributed by atoms with Crippen molar-refractivity contribution in [3.63, 3.8) is 0 Å². The normalized spacial score (nSPS) is 15.1. The molecule has 2 aromatic carbocycles. The van der Waals surface area contributed by atoms with E-state index in [1.807, 2.05) is 39.1 Å². The maximum absolute atomic E-state index is 12.5. The molecule has 2 heterocycles. The van der Waals surface area contributed by atoms with Crippen LogP contribution >= 0.6 is 0 Å². The monoisotopic (exact) mass is 421 g/mol. The molecule has 1 aromatic heterocycles. The van der Waals surface area contributed by atoms with E-state index in [-0.39, 0.29) is 12.2 Å². The van der Waals surface area contributed by atoms with Gasteiger partial charge in [0, 0.05) is 24.0 Å². The summed E-state index contributed by atoms with van der Waals surface area (Å²) in [6.07, 6.45) is 2.25. The molecule has 164 valence electrons. The summed E-state index contributed by atoms with van der Waals surface area (Å²) in [6.45, 7) is 11.2. The topological polar surface area (TPSA) is 67.4 Å². The van der Waals surface area contributed by atoms with Crippen LogP contribution < -0.4 is 4.74 Å². The molecule has 0 saturated heterocycles. The van der Waals surface area contributed by atoms with E-state index >= 15 is 0 Å². The van der Waals surface area contributed by atoms with Crippen molar-refractivity contribution in [3.8, 4) is 5.75 Å². The molecule has 1 unspecified atom stereocenters. The summed E-state index contributed by atoms with van der Waals surface area (Å²) in [4.78, 5) is 14.3. The molecule has 1 amide bonds.